The van der Waals surface area contributed by atoms with Gasteiger partial charge in [0.1, 0.15) is 11.5 Å². The highest BCUT2D eigenvalue weighted by Crippen LogP contribution is 2.34. The first kappa shape index (κ1) is 21.0. The number of benzene rings is 2. The van der Waals surface area contributed by atoms with E-state index in [1.807, 2.05) is 0 Å². The third kappa shape index (κ3) is 3.58. The average Bonchev–Trinajstić information content (AvgIpc) is 3.30. The van der Waals surface area contributed by atoms with Gasteiger partial charge in [-0.3, -0.25) is 9.59 Å². The summed E-state index contributed by atoms with van der Waals surface area (Å²) in [6.45, 7) is 0.114. The summed E-state index contributed by atoms with van der Waals surface area (Å²) in [5, 5.41) is 4.05. The molecule has 0 unspecified atom stereocenters. The molecule has 0 radical (unpaired) electrons. The minimum Gasteiger partial charge on any atom is -0.373 e. The number of pyridine rings is 1. The van der Waals surface area contributed by atoms with Crippen LogP contribution in [0.1, 0.15) is 27.9 Å². The summed E-state index contributed by atoms with van der Waals surface area (Å²) in [6.07, 6.45) is 0. The van der Waals surface area contributed by atoms with Gasteiger partial charge in [0, 0.05) is 29.9 Å². The minimum absolute atomic E-state index is 0.0290. The Bertz CT molecular complexity index is 1450. The van der Waals surface area contributed by atoms with E-state index in [1.54, 1.807) is 0 Å². The molecule has 168 valence electrons. The van der Waals surface area contributed by atoms with E-state index in [4.69, 9.17) is 9.26 Å². The monoisotopic (exact) mass is 455 g/mol. The number of likely N-dealkylation sites (N-methyl/N-ethyl adjacent to an activating group) is 1. The molecule has 2 aromatic heterocycles. The molecule has 7 nitrogen and oxygen atoms in total. The zero-order valence-corrected chi connectivity index (χ0v) is 17.2. The molecule has 0 saturated carbocycles. The Morgan fingerprint density at radius 1 is 1.09 bits per heavy atom. The van der Waals surface area contributed by atoms with Gasteiger partial charge in [0.15, 0.2) is 11.6 Å². The lowest BCUT2D eigenvalue weighted by Crippen LogP contribution is -2.37. The third-order valence-corrected chi connectivity index (χ3v) is 5.69. The van der Waals surface area contributed by atoms with E-state index < -0.39 is 35.0 Å². The first-order valence-corrected chi connectivity index (χ1v) is 9.95. The number of carbonyl (C=O) groups excluding carboxylic acids is 1. The predicted molar refractivity (Wildman–Crippen MR) is 111 cm³/mol. The van der Waals surface area contributed by atoms with Crippen LogP contribution in [0.25, 0.3) is 22.0 Å². The number of hydrogen-bond donors (Lipinski definition) is 1. The lowest BCUT2D eigenvalue weighted by molar-refractivity contribution is 0.0314. The number of ether oxygens (including phenoxy) is 1. The summed E-state index contributed by atoms with van der Waals surface area (Å²) in [7, 11) is 1.50. The fourth-order valence-corrected chi connectivity index (χ4v) is 4.00. The molecule has 1 aliphatic heterocycles. The molecule has 1 atom stereocenters. The van der Waals surface area contributed by atoms with Crippen LogP contribution in [0.4, 0.5) is 13.2 Å². The summed E-state index contributed by atoms with van der Waals surface area (Å²) >= 11 is 0. The van der Waals surface area contributed by atoms with Gasteiger partial charge in [-0.2, -0.15) is 0 Å². The van der Waals surface area contributed by atoms with E-state index in [-0.39, 0.29) is 29.7 Å². The van der Waals surface area contributed by atoms with Crippen molar-refractivity contribution in [2.45, 2.75) is 12.6 Å². The van der Waals surface area contributed by atoms with Crippen molar-refractivity contribution in [3.63, 3.8) is 0 Å². The molecule has 0 fully saturated rings. The molecule has 0 aliphatic carbocycles. The standard InChI is InChI=1S/C23H16F3N3O4/c1-29(23(31)20-8-17(28-33-20)11-2-4-12(24)5-3-11)19-10-32-9-18-21(19)13-6-15(25)16(26)7-14(13)22(30)27-18/h2-8,19H,9-10H2,1H3,(H,27,30)/t19-/m0/s1. The maximum atomic E-state index is 14.0. The van der Waals surface area contributed by atoms with Crippen molar-refractivity contribution >= 4 is 16.7 Å². The number of halogens is 3. The summed E-state index contributed by atoms with van der Waals surface area (Å²) in [4.78, 5) is 29.5. The van der Waals surface area contributed by atoms with Crippen molar-refractivity contribution in [3.05, 3.63) is 87.3 Å². The molecule has 10 heteroatoms. The van der Waals surface area contributed by atoms with Gasteiger partial charge in [0.25, 0.3) is 11.5 Å². The van der Waals surface area contributed by atoms with Crippen LogP contribution in [0.2, 0.25) is 0 Å². The molecule has 4 aromatic rings. The molecular weight excluding hydrogens is 439 g/mol. The van der Waals surface area contributed by atoms with Crippen LogP contribution in [0.5, 0.6) is 0 Å². The fourth-order valence-electron chi connectivity index (χ4n) is 4.00. The predicted octanol–water partition coefficient (Wildman–Crippen LogP) is 3.94. The first-order chi connectivity index (χ1) is 15.8. The summed E-state index contributed by atoms with van der Waals surface area (Å²) in [5.41, 5.74) is 1.16. The van der Waals surface area contributed by atoms with Gasteiger partial charge in [-0.1, -0.05) is 5.16 Å². The maximum Gasteiger partial charge on any atom is 0.292 e. The first-order valence-electron chi connectivity index (χ1n) is 9.95. The van der Waals surface area contributed by atoms with E-state index >= 15 is 0 Å². The molecule has 5 rings (SSSR count). The number of H-pyrrole nitrogens is 1. The van der Waals surface area contributed by atoms with Crippen LogP contribution in [0.3, 0.4) is 0 Å². The van der Waals surface area contributed by atoms with E-state index in [0.29, 0.717) is 22.5 Å². The third-order valence-electron chi connectivity index (χ3n) is 5.69. The molecule has 0 bridgehead atoms. The Hall–Kier alpha value is -3.92. The molecule has 0 saturated heterocycles. The Kier molecular flexibility index (Phi) is 5.01. The van der Waals surface area contributed by atoms with Crippen molar-refractivity contribution in [2.75, 3.05) is 13.7 Å². The molecule has 1 aliphatic rings. The molecule has 2 aromatic carbocycles. The van der Waals surface area contributed by atoms with E-state index in [9.17, 15) is 22.8 Å². The number of aromatic amines is 1. The Morgan fingerprint density at radius 3 is 2.52 bits per heavy atom. The SMILES string of the molecule is CN(C(=O)c1cc(-c2ccc(F)cc2)no1)[C@H]1COCc2[nH]c(=O)c3cc(F)c(F)cc3c21. The van der Waals surface area contributed by atoms with Crippen molar-refractivity contribution in [1.29, 1.82) is 0 Å². The van der Waals surface area contributed by atoms with Gasteiger partial charge in [0.05, 0.1) is 24.6 Å². The second-order valence-electron chi connectivity index (χ2n) is 7.69. The van der Waals surface area contributed by atoms with Gasteiger partial charge in [-0.25, -0.2) is 13.2 Å². The lowest BCUT2D eigenvalue weighted by Gasteiger charge is -2.33. The number of nitrogens with zero attached hydrogens (tertiary/aromatic N) is 2. The molecule has 1 amide bonds. The number of nitrogens with one attached hydrogen (secondary N) is 1. The number of aromatic nitrogens is 2. The lowest BCUT2D eigenvalue weighted by atomic mass is 9.95. The van der Waals surface area contributed by atoms with Crippen LogP contribution in [0, 0.1) is 17.5 Å². The summed E-state index contributed by atoms with van der Waals surface area (Å²) < 4.78 is 51.7. The van der Waals surface area contributed by atoms with E-state index in [2.05, 4.69) is 10.1 Å². The highest BCUT2D eigenvalue weighted by Gasteiger charge is 2.32. The number of carbonyl (C=O) groups is 1. The number of hydrogen-bond acceptors (Lipinski definition) is 5. The molecule has 3 heterocycles. The smallest absolute Gasteiger partial charge is 0.292 e. The highest BCUT2D eigenvalue weighted by molar-refractivity contribution is 5.93. The van der Waals surface area contributed by atoms with Crippen molar-refractivity contribution in [1.82, 2.24) is 15.0 Å². The van der Waals surface area contributed by atoms with Crippen LogP contribution < -0.4 is 5.56 Å². The van der Waals surface area contributed by atoms with Gasteiger partial charge in [0.2, 0.25) is 5.76 Å². The zero-order valence-electron chi connectivity index (χ0n) is 17.2. The van der Waals surface area contributed by atoms with Crippen molar-refractivity contribution in [2.24, 2.45) is 0 Å². The maximum absolute atomic E-state index is 14.0. The second-order valence-corrected chi connectivity index (χ2v) is 7.69. The second kappa shape index (κ2) is 7.89. The Morgan fingerprint density at radius 2 is 1.79 bits per heavy atom. The van der Waals surface area contributed by atoms with E-state index in [0.717, 1.165) is 12.1 Å². The van der Waals surface area contributed by atoms with Crippen LogP contribution in [-0.2, 0) is 11.3 Å². The van der Waals surface area contributed by atoms with Crippen LogP contribution in [0.15, 0.2) is 51.8 Å². The van der Waals surface area contributed by atoms with E-state index in [1.165, 1.54) is 42.3 Å². The number of rotatable bonds is 3. The topological polar surface area (TPSA) is 88.4 Å². The fraction of sp³-hybridized carbons (Fsp3) is 0.174. The van der Waals surface area contributed by atoms with Crippen LogP contribution >= 0.6 is 0 Å². The quantitative estimate of drug-likeness (QED) is 0.506. The minimum atomic E-state index is -1.14. The highest BCUT2D eigenvalue weighted by atomic mass is 19.2. The summed E-state index contributed by atoms with van der Waals surface area (Å²) in [5.74, 6) is -3.27. The van der Waals surface area contributed by atoms with Gasteiger partial charge >= 0.3 is 0 Å². The number of amides is 1. The summed E-state index contributed by atoms with van der Waals surface area (Å²) in [6, 6.07) is 8.05. The van der Waals surface area contributed by atoms with Crippen molar-refractivity contribution < 1.29 is 27.2 Å². The van der Waals surface area contributed by atoms with Gasteiger partial charge in [-0.05, 0) is 41.8 Å². The average molecular weight is 455 g/mol. The van der Waals surface area contributed by atoms with Crippen molar-refractivity contribution in [3.8, 4) is 11.3 Å². The zero-order chi connectivity index (χ0) is 23.3. The Balaban J connectivity index is 1.53. The van der Waals surface area contributed by atoms with Crippen LogP contribution in [-0.4, -0.2) is 34.6 Å². The number of fused-ring (bicyclic) bond motifs is 3. The van der Waals surface area contributed by atoms with Gasteiger partial charge in [-0.15, -0.1) is 0 Å². The molecule has 33 heavy (non-hydrogen) atoms. The molecule has 1 N–H and O–H groups in total. The normalized spacial score (nSPS) is 15.5. The largest absolute Gasteiger partial charge is 0.373 e. The molecular formula is C23H16F3N3O4. The van der Waals surface area contributed by atoms with Gasteiger partial charge < -0.3 is 19.1 Å². The Labute approximate surface area is 184 Å². The molecule has 0 spiro atoms.